The third kappa shape index (κ3) is 4.35. The Hall–Kier alpha value is -1.59. The van der Waals surface area contributed by atoms with Crippen molar-refractivity contribution in [3.8, 4) is 6.01 Å². The number of hydrogen-bond acceptors (Lipinski definition) is 6. The van der Waals surface area contributed by atoms with Gasteiger partial charge >= 0.3 is 6.01 Å². The first-order valence-corrected chi connectivity index (χ1v) is 6.13. The molecule has 1 aromatic rings. The van der Waals surface area contributed by atoms with Crippen LogP contribution in [0.4, 0.5) is 11.9 Å². The third-order valence-corrected chi connectivity index (χ3v) is 2.15. The van der Waals surface area contributed by atoms with E-state index in [1.54, 1.807) is 7.05 Å². The van der Waals surface area contributed by atoms with Crippen molar-refractivity contribution in [3.05, 3.63) is 0 Å². The number of aromatic nitrogens is 3. The zero-order valence-corrected chi connectivity index (χ0v) is 12.1. The maximum Gasteiger partial charge on any atom is 0.323 e. The smallest absolute Gasteiger partial charge is 0.323 e. The highest BCUT2D eigenvalue weighted by Crippen LogP contribution is 2.19. The van der Waals surface area contributed by atoms with Gasteiger partial charge in [0.25, 0.3) is 0 Å². The van der Waals surface area contributed by atoms with Crippen LogP contribution in [0.2, 0.25) is 0 Å². The molecule has 0 amide bonds. The molecular formula is C12H23N5O. The fraction of sp³-hybridized carbons (Fsp3) is 0.750. The second kappa shape index (κ2) is 5.84. The van der Waals surface area contributed by atoms with Crippen LogP contribution in [0.5, 0.6) is 6.01 Å². The molecule has 1 aromatic heterocycles. The van der Waals surface area contributed by atoms with Crippen molar-refractivity contribution in [1.82, 2.24) is 15.0 Å². The zero-order chi connectivity index (χ0) is 13.8. The molecule has 0 atom stereocenters. The molecule has 102 valence electrons. The molecule has 0 spiro atoms. The Labute approximate surface area is 109 Å². The SMILES string of the molecule is CCOc1nc(NC)nc(N(C)CC(C)(C)C)n1. The summed E-state index contributed by atoms with van der Waals surface area (Å²) in [6, 6.07) is 0.354. The molecule has 0 aliphatic heterocycles. The molecule has 1 N–H and O–H groups in total. The summed E-state index contributed by atoms with van der Waals surface area (Å²) < 4.78 is 5.34. The molecule has 0 fully saturated rings. The van der Waals surface area contributed by atoms with Gasteiger partial charge in [-0.2, -0.15) is 15.0 Å². The quantitative estimate of drug-likeness (QED) is 0.863. The van der Waals surface area contributed by atoms with Gasteiger partial charge in [0.2, 0.25) is 11.9 Å². The molecule has 0 aliphatic rings. The first-order valence-electron chi connectivity index (χ1n) is 6.13. The Balaban J connectivity index is 2.96. The van der Waals surface area contributed by atoms with E-state index in [0.717, 1.165) is 6.54 Å². The number of nitrogens with one attached hydrogen (secondary N) is 1. The van der Waals surface area contributed by atoms with Crippen LogP contribution in [0, 0.1) is 5.41 Å². The van der Waals surface area contributed by atoms with Crippen molar-refractivity contribution >= 4 is 11.9 Å². The van der Waals surface area contributed by atoms with Crippen LogP contribution in [-0.2, 0) is 0 Å². The molecule has 1 rings (SSSR count). The van der Waals surface area contributed by atoms with E-state index < -0.39 is 0 Å². The van der Waals surface area contributed by atoms with Crippen LogP contribution in [0.3, 0.4) is 0 Å². The Morgan fingerprint density at radius 1 is 1.22 bits per heavy atom. The van der Waals surface area contributed by atoms with Crippen molar-refractivity contribution in [1.29, 1.82) is 0 Å². The van der Waals surface area contributed by atoms with Crippen LogP contribution in [0.25, 0.3) is 0 Å². The van der Waals surface area contributed by atoms with Crippen LogP contribution in [-0.4, -0.2) is 42.2 Å². The van der Waals surface area contributed by atoms with Crippen molar-refractivity contribution < 1.29 is 4.74 Å². The molecule has 0 saturated heterocycles. The number of rotatable bonds is 5. The molecule has 0 radical (unpaired) electrons. The first-order chi connectivity index (χ1) is 8.35. The zero-order valence-electron chi connectivity index (χ0n) is 12.1. The van der Waals surface area contributed by atoms with Crippen LogP contribution in [0.1, 0.15) is 27.7 Å². The second-order valence-electron chi connectivity index (χ2n) is 5.34. The van der Waals surface area contributed by atoms with Gasteiger partial charge in [-0.1, -0.05) is 20.8 Å². The second-order valence-corrected chi connectivity index (χ2v) is 5.34. The monoisotopic (exact) mass is 253 g/mol. The highest BCUT2D eigenvalue weighted by atomic mass is 16.5. The summed E-state index contributed by atoms with van der Waals surface area (Å²) in [5.74, 6) is 1.14. The van der Waals surface area contributed by atoms with E-state index in [0.29, 0.717) is 24.5 Å². The lowest BCUT2D eigenvalue weighted by atomic mass is 9.96. The molecule has 6 heteroatoms. The summed E-state index contributed by atoms with van der Waals surface area (Å²) >= 11 is 0. The van der Waals surface area contributed by atoms with E-state index in [2.05, 4.69) is 41.0 Å². The fourth-order valence-electron chi connectivity index (χ4n) is 1.60. The van der Waals surface area contributed by atoms with E-state index in [1.807, 2.05) is 18.9 Å². The summed E-state index contributed by atoms with van der Waals surface area (Å²) in [6.45, 7) is 9.82. The predicted molar refractivity (Wildman–Crippen MR) is 73.3 cm³/mol. The molecule has 1 heterocycles. The maximum absolute atomic E-state index is 5.34. The number of ether oxygens (including phenoxy) is 1. The standard InChI is InChI=1S/C12H23N5O/c1-7-18-11-15-9(13-5)14-10(16-11)17(6)8-12(2,3)4/h7-8H2,1-6H3,(H,13,14,15,16). The van der Waals surface area contributed by atoms with Gasteiger partial charge in [-0.05, 0) is 12.3 Å². The van der Waals surface area contributed by atoms with Gasteiger partial charge < -0.3 is 15.0 Å². The van der Waals surface area contributed by atoms with E-state index in [1.165, 1.54) is 0 Å². The van der Waals surface area contributed by atoms with E-state index in [9.17, 15) is 0 Å². The largest absolute Gasteiger partial charge is 0.464 e. The summed E-state index contributed by atoms with van der Waals surface area (Å²) in [6.07, 6.45) is 0. The Morgan fingerprint density at radius 2 is 1.89 bits per heavy atom. The van der Waals surface area contributed by atoms with E-state index in [-0.39, 0.29) is 5.41 Å². The average Bonchev–Trinajstić information content (AvgIpc) is 2.26. The lowest BCUT2D eigenvalue weighted by Crippen LogP contribution is -2.30. The van der Waals surface area contributed by atoms with Gasteiger partial charge in [-0.25, -0.2) is 0 Å². The lowest BCUT2D eigenvalue weighted by Gasteiger charge is -2.26. The molecule has 0 aliphatic carbocycles. The normalized spacial score (nSPS) is 11.2. The van der Waals surface area contributed by atoms with Crippen molar-refractivity contribution in [2.45, 2.75) is 27.7 Å². The number of anilines is 2. The number of hydrogen-bond donors (Lipinski definition) is 1. The minimum Gasteiger partial charge on any atom is -0.464 e. The molecule has 0 bridgehead atoms. The van der Waals surface area contributed by atoms with Crippen LogP contribution >= 0.6 is 0 Å². The summed E-state index contributed by atoms with van der Waals surface area (Å²) in [4.78, 5) is 14.8. The van der Waals surface area contributed by atoms with Crippen molar-refractivity contribution in [3.63, 3.8) is 0 Å². The molecule has 0 saturated carbocycles. The van der Waals surface area contributed by atoms with Crippen molar-refractivity contribution in [2.24, 2.45) is 5.41 Å². The highest BCUT2D eigenvalue weighted by molar-refractivity contribution is 5.37. The fourth-order valence-corrected chi connectivity index (χ4v) is 1.60. The van der Waals surface area contributed by atoms with Crippen LogP contribution < -0.4 is 15.0 Å². The summed E-state index contributed by atoms with van der Waals surface area (Å²) in [5, 5.41) is 2.91. The minimum atomic E-state index is 0.174. The molecule has 18 heavy (non-hydrogen) atoms. The number of nitrogens with zero attached hydrogens (tertiary/aromatic N) is 4. The van der Waals surface area contributed by atoms with Gasteiger partial charge in [-0.15, -0.1) is 0 Å². The van der Waals surface area contributed by atoms with Gasteiger partial charge in [-0.3, -0.25) is 0 Å². The average molecular weight is 253 g/mol. The van der Waals surface area contributed by atoms with E-state index in [4.69, 9.17) is 4.74 Å². The molecular weight excluding hydrogens is 230 g/mol. The minimum absolute atomic E-state index is 0.174. The van der Waals surface area contributed by atoms with Gasteiger partial charge in [0.05, 0.1) is 6.61 Å². The third-order valence-electron chi connectivity index (χ3n) is 2.15. The van der Waals surface area contributed by atoms with Gasteiger partial charge in [0, 0.05) is 20.6 Å². The Morgan fingerprint density at radius 3 is 2.39 bits per heavy atom. The molecule has 6 nitrogen and oxygen atoms in total. The lowest BCUT2D eigenvalue weighted by molar-refractivity contribution is 0.311. The maximum atomic E-state index is 5.34. The summed E-state index contributed by atoms with van der Waals surface area (Å²) in [5.41, 5.74) is 0.174. The summed E-state index contributed by atoms with van der Waals surface area (Å²) in [7, 11) is 3.74. The highest BCUT2D eigenvalue weighted by Gasteiger charge is 2.17. The van der Waals surface area contributed by atoms with Gasteiger partial charge in [0.1, 0.15) is 0 Å². The Bertz CT molecular complexity index is 389. The first kappa shape index (κ1) is 14.5. The molecule has 0 aromatic carbocycles. The van der Waals surface area contributed by atoms with Gasteiger partial charge in [0.15, 0.2) is 0 Å². The topological polar surface area (TPSA) is 63.2 Å². The predicted octanol–water partition coefficient (Wildman–Crippen LogP) is 1.79. The van der Waals surface area contributed by atoms with E-state index >= 15 is 0 Å². The Kier molecular flexibility index (Phi) is 4.69. The van der Waals surface area contributed by atoms with Crippen molar-refractivity contribution in [2.75, 3.05) is 37.5 Å². The molecule has 0 unspecified atom stereocenters. The van der Waals surface area contributed by atoms with Crippen LogP contribution in [0.15, 0.2) is 0 Å².